The fourth-order valence-corrected chi connectivity index (χ4v) is 3.28. The minimum absolute atomic E-state index is 0.256. The summed E-state index contributed by atoms with van der Waals surface area (Å²) in [6.07, 6.45) is 4.63. The summed E-state index contributed by atoms with van der Waals surface area (Å²) in [5.41, 5.74) is 5.70. The smallest absolute Gasteiger partial charge is 0.0832 e. The second kappa shape index (κ2) is 3.44. The molecule has 2 fully saturated rings. The summed E-state index contributed by atoms with van der Waals surface area (Å²) in [5.74, 6) is 0. The minimum atomic E-state index is -0.626. The van der Waals surface area contributed by atoms with Crippen molar-refractivity contribution in [2.75, 3.05) is 13.1 Å². The highest BCUT2D eigenvalue weighted by atomic mass is 16.3. The van der Waals surface area contributed by atoms with Crippen molar-refractivity contribution in [3.05, 3.63) is 0 Å². The summed E-state index contributed by atoms with van der Waals surface area (Å²) in [6, 6.07) is 0. The molecule has 2 aliphatic rings. The molecule has 1 unspecified atom stereocenters. The first kappa shape index (κ1) is 11.4. The van der Waals surface area contributed by atoms with Gasteiger partial charge < -0.3 is 16.2 Å². The van der Waals surface area contributed by atoms with Crippen LogP contribution < -0.4 is 11.1 Å². The van der Waals surface area contributed by atoms with E-state index in [1.165, 1.54) is 0 Å². The van der Waals surface area contributed by atoms with Gasteiger partial charge in [-0.1, -0.05) is 13.8 Å². The van der Waals surface area contributed by atoms with Gasteiger partial charge >= 0.3 is 0 Å². The van der Waals surface area contributed by atoms with Gasteiger partial charge in [-0.05, 0) is 50.6 Å². The first-order valence-corrected chi connectivity index (χ1v) is 6.09. The van der Waals surface area contributed by atoms with Gasteiger partial charge in [-0.3, -0.25) is 0 Å². The molecule has 0 spiro atoms. The zero-order valence-corrected chi connectivity index (χ0v) is 9.97. The van der Waals surface area contributed by atoms with Crippen molar-refractivity contribution in [3.8, 4) is 0 Å². The molecule has 0 aromatic rings. The molecule has 0 aromatic heterocycles. The molecular formula is C12H24N2O. The lowest BCUT2D eigenvalue weighted by Gasteiger charge is -2.46. The highest BCUT2D eigenvalue weighted by Crippen LogP contribution is 2.49. The third kappa shape index (κ3) is 1.93. The van der Waals surface area contributed by atoms with Crippen LogP contribution in [0.5, 0.6) is 0 Å². The molecule has 4 N–H and O–H groups in total. The van der Waals surface area contributed by atoms with E-state index in [0.29, 0.717) is 0 Å². The summed E-state index contributed by atoms with van der Waals surface area (Å²) in [4.78, 5) is 0. The lowest BCUT2D eigenvalue weighted by Crippen LogP contribution is -2.63. The number of nitrogens with one attached hydrogen (secondary N) is 1. The van der Waals surface area contributed by atoms with Crippen LogP contribution in [0.1, 0.15) is 46.0 Å². The highest BCUT2D eigenvalue weighted by molar-refractivity contribution is 5.10. The van der Waals surface area contributed by atoms with Crippen LogP contribution in [0, 0.1) is 5.41 Å². The van der Waals surface area contributed by atoms with Crippen LogP contribution in [0.3, 0.4) is 0 Å². The quantitative estimate of drug-likeness (QED) is 0.608. The lowest BCUT2D eigenvalue weighted by molar-refractivity contribution is -0.0499. The maximum absolute atomic E-state index is 10.8. The Morgan fingerprint density at radius 3 is 2.13 bits per heavy atom. The monoisotopic (exact) mass is 212 g/mol. The number of hydrogen-bond donors (Lipinski definition) is 3. The van der Waals surface area contributed by atoms with E-state index in [2.05, 4.69) is 19.2 Å². The summed E-state index contributed by atoms with van der Waals surface area (Å²) in [6.45, 7) is 6.35. The predicted octanol–water partition coefficient (Wildman–Crippen LogP) is 1.01. The Kier molecular flexibility index (Phi) is 2.61. The van der Waals surface area contributed by atoms with E-state index in [4.69, 9.17) is 5.73 Å². The van der Waals surface area contributed by atoms with Crippen molar-refractivity contribution in [2.45, 2.75) is 57.1 Å². The van der Waals surface area contributed by atoms with E-state index in [1.807, 2.05) is 0 Å². The molecule has 1 saturated heterocycles. The van der Waals surface area contributed by atoms with Crippen molar-refractivity contribution in [3.63, 3.8) is 0 Å². The van der Waals surface area contributed by atoms with Crippen molar-refractivity contribution < 1.29 is 5.11 Å². The third-order valence-corrected chi connectivity index (χ3v) is 4.41. The summed E-state index contributed by atoms with van der Waals surface area (Å²) in [5, 5.41) is 14.1. The topological polar surface area (TPSA) is 58.3 Å². The van der Waals surface area contributed by atoms with Gasteiger partial charge in [0, 0.05) is 5.54 Å². The van der Waals surface area contributed by atoms with Crippen molar-refractivity contribution in [2.24, 2.45) is 11.1 Å². The van der Waals surface area contributed by atoms with Crippen molar-refractivity contribution in [1.29, 1.82) is 0 Å². The Bertz CT molecular complexity index is 246. The molecule has 88 valence electrons. The molecule has 1 atom stereocenters. The average molecular weight is 212 g/mol. The minimum Gasteiger partial charge on any atom is -0.388 e. The van der Waals surface area contributed by atoms with Gasteiger partial charge in [0.15, 0.2) is 0 Å². The lowest BCUT2D eigenvalue weighted by atomic mass is 9.71. The molecule has 1 heterocycles. The second-order valence-corrected chi connectivity index (χ2v) is 6.28. The van der Waals surface area contributed by atoms with Gasteiger partial charge in [-0.2, -0.15) is 0 Å². The molecule has 0 bridgehead atoms. The van der Waals surface area contributed by atoms with Crippen LogP contribution >= 0.6 is 0 Å². The van der Waals surface area contributed by atoms with Crippen molar-refractivity contribution >= 4 is 0 Å². The largest absolute Gasteiger partial charge is 0.388 e. The fraction of sp³-hybridized carbons (Fsp3) is 1.00. The van der Waals surface area contributed by atoms with E-state index in [0.717, 1.165) is 45.2 Å². The Balaban J connectivity index is 2.15. The Morgan fingerprint density at radius 1 is 1.07 bits per heavy atom. The van der Waals surface area contributed by atoms with Crippen LogP contribution in [0.2, 0.25) is 0 Å². The Hall–Kier alpha value is -0.120. The number of aliphatic hydroxyl groups is 1. The molecule has 1 aliphatic heterocycles. The standard InChI is InChI=1S/C12H24N2O/c1-10(2)3-4-12(15,9-10)11(13)5-7-14-8-6-11/h14-15H,3-9,13H2,1-2H3. The Labute approximate surface area is 92.4 Å². The maximum atomic E-state index is 10.8. The number of piperidine rings is 1. The number of rotatable bonds is 1. The fourth-order valence-electron chi connectivity index (χ4n) is 3.28. The molecule has 0 radical (unpaired) electrons. The molecule has 3 nitrogen and oxygen atoms in total. The molecular weight excluding hydrogens is 188 g/mol. The van der Waals surface area contributed by atoms with E-state index in [-0.39, 0.29) is 11.0 Å². The third-order valence-electron chi connectivity index (χ3n) is 4.41. The van der Waals surface area contributed by atoms with Crippen LogP contribution in [0.4, 0.5) is 0 Å². The Morgan fingerprint density at radius 2 is 1.67 bits per heavy atom. The van der Waals surface area contributed by atoms with Gasteiger partial charge in [0.2, 0.25) is 0 Å². The van der Waals surface area contributed by atoms with Gasteiger partial charge in [-0.15, -0.1) is 0 Å². The van der Waals surface area contributed by atoms with Crippen LogP contribution in [-0.2, 0) is 0 Å². The summed E-state index contributed by atoms with van der Waals surface area (Å²) < 4.78 is 0. The summed E-state index contributed by atoms with van der Waals surface area (Å²) in [7, 11) is 0. The zero-order valence-electron chi connectivity index (χ0n) is 9.97. The first-order chi connectivity index (χ1) is 6.87. The van der Waals surface area contributed by atoms with Crippen LogP contribution in [-0.4, -0.2) is 29.3 Å². The van der Waals surface area contributed by atoms with E-state index in [1.54, 1.807) is 0 Å². The van der Waals surface area contributed by atoms with Gasteiger partial charge in [0.1, 0.15) is 0 Å². The highest BCUT2D eigenvalue weighted by Gasteiger charge is 2.53. The molecule has 1 saturated carbocycles. The normalized spacial score (nSPS) is 39.2. The van der Waals surface area contributed by atoms with E-state index in [9.17, 15) is 5.11 Å². The predicted molar refractivity (Wildman–Crippen MR) is 61.6 cm³/mol. The van der Waals surface area contributed by atoms with Gasteiger partial charge in [0.05, 0.1) is 5.60 Å². The first-order valence-electron chi connectivity index (χ1n) is 6.09. The van der Waals surface area contributed by atoms with Gasteiger partial charge in [-0.25, -0.2) is 0 Å². The van der Waals surface area contributed by atoms with E-state index >= 15 is 0 Å². The average Bonchev–Trinajstić information content (AvgIpc) is 2.44. The molecule has 2 rings (SSSR count). The zero-order chi connectivity index (χ0) is 11.2. The van der Waals surface area contributed by atoms with Gasteiger partial charge in [0.25, 0.3) is 0 Å². The van der Waals surface area contributed by atoms with E-state index < -0.39 is 5.60 Å². The molecule has 0 aromatic carbocycles. The van der Waals surface area contributed by atoms with Crippen LogP contribution in [0.25, 0.3) is 0 Å². The molecule has 15 heavy (non-hydrogen) atoms. The molecule has 0 amide bonds. The molecule has 1 aliphatic carbocycles. The number of hydrogen-bond acceptors (Lipinski definition) is 3. The molecule has 3 heteroatoms. The second-order valence-electron chi connectivity index (χ2n) is 6.28. The number of nitrogens with two attached hydrogens (primary N) is 1. The van der Waals surface area contributed by atoms with Crippen LogP contribution in [0.15, 0.2) is 0 Å². The van der Waals surface area contributed by atoms with Crippen molar-refractivity contribution in [1.82, 2.24) is 5.32 Å². The maximum Gasteiger partial charge on any atom is 0.0832 e. The SMILES string of the molecule is CC1(C)CCC(O)(C2(N)CCNCC2)C1. The summed E-state index contributed by atoms with van der Waals surface area (Å²) >= 11 is 0.